The van der Waals surface area contributed by atoms with Crippen molar-refractivity contribution < 1.29 is 4.74 Å². The van der Waals surface area contributed by atoms with E-state index in [1.54, 1.807) is 19.6 Å². The molecule has 2 rings (SSSR count). The van der Waals surface area contributed by atoms with E-state index in [4.69, 9.17) is 17.0 Å². The first-order valence-corrected chi connectivity index (χ1v) is 6.13. The predicted octanol–water partition coefficient (Wildman–Crippen LogP) is 3.33. The average Bonchev–Trinajstić information content (AvgIpc) is 2.38. The highest BCUT2D eigenvalue weighted by atomic mass is 32.1. The molecule has 0 aromatic carbocycles. The Hall–Kier alpha value is -1.75. The van der Waals surface area contributed by atoms with Gasteiger partial charge in [0.2, 0.25) is 0 Å². The van der Waals surface area contributed by atoms with E-state index in [1.807, 2.05) is 12.1 Å². The van der Waals surface area contributed by atoms with Crippen LogP contribution >= 0.6 is 12.2 Å². The third kappa shape index (κ3) is 2.26. The molecule has 0 bridgehead atoms. The van der Waals surface area contributed by atoms with Crippen molar-refractivity contribution in [1.29, 1.82) is 0 Å². The van der Waals surface area contributed by atoms with Crippen molar-refractivity contribution in [1.82, 2.24) is 15.0 Å². The van der Waals surface area contributed by atoms with Crippen LogP contribution in [0.4, 0.5) is 0 Å². The van der Waals surface area contributed by atoms with E-state index < -0.39 is 0 Å². The van der Waals surface area contributed by atoms with Crippen molar-refractivity contribution >= 4 is 12.2 Å². The van der Waals surface area contributed by atoms with E-state index in [1.165, 1.54) is 0 Å². The van der Waals surface area contributed by atoms with Gasteiger partial charge in [-0.1, -0.05) is 26.1 Å². The van der Waals surface area contributed by atoms with Crippen molar-refractivity contribution in [2.24, 2.45) is 0 Å². The summed E-state index contributed by atoms with van der Waals surface area (Å²) >= 11 is 5.30. The Labute approximate surface area is 111 Å². The molecule has 1 N–H and O–H groups in total. The summed E-state index contributed by atoms with van der Waals surface area (Å²) in [5, 5.41) is 0. The van der Waals surface area contributed by atoms with E-state index in [0.29, 0.717) is 4.64 Å². The summed E-state index contributed by atoms with van der Waals surface area (Å²) in [5.41, 5.74) is 2.63. The molecule has 0 amide bonds. The Morgan fingerprint density at radius 2 is 2.11 bits per heavy atom. The van der Waals surface area contributed by atoms with Gasteiger partial charge in [0.25, 0.3) is 0 Å². The van der Waals surface area contributed by atoms with Crippen LogP contribution in [0, 0.1) is 4.64 Å². The second kappa shape index (κ2) is 5.27. The number of rotatable bonds is 3. The molecule has 0 radical (unpaired) electrons. The van der Waals surface area contributed by atoms with Gasteiger partial charge in [0, 0.05) is 11.8 Å². The molecule has 18 heavy (non-hydrogen) atoms. The first-order chi connectivity index (χ1) is 8.65. The van der Waals surface area contributed by atoms with Crippen LogP contribution in [-0.2, 0) is 0 Å². The summed E-state index contributed by atoms with van der Waals surface area (Å²) in [4.78, 5) is 11.6. The Morgan fingerprint density at radius 1 is 1.33 bits per heavy atom. The van der Waals surface area contributed by atoms with E-state index in [9.17, 15) is 0 Å². The van der Waals surface area contributed by atoms with Gasteiger partial charge < -0.3 is 9.72 Å². The smallest absolute Gasteiger partial charge is 0.146 e. The van der Waals surface area contributed by atoms with Crippen molar-refractivity contribution in [2.45, 2.75) is 19.8 Å². The second-order valence-corrected chi connectivity index (χ2v) is 4.59. The van der Waals surface area contributed by atoms with E-state index >= 15 is 0 Å². The number of H-pyrrole nitrogens is 1. The Bertz CT molecular complexity index is 607. The van der Waals surface area contributed by atoms with Crippen LogP contribution in [0.5, 0.6) is 5.75 Å². The number of methoxy groups -OCH3 is 1. The standard InChI is InChI=1S/C13H15N3OS/c1-8(2)10-12(15-7-16-13(10)18)11-9(17-3)5-4-6-14-11/h4-8H,1-3H3,(H,15,16,18). The molecule has 2 heterocycles. The maximum Gasteiger partial charge on any atom is 0.146 e. The van der Waals surface area contributed by atoms with Gasteiger partial charge in [0.15, 0.2) is 0 Å². The lowest BCUT2D eigenvalue weighted by Gasteiger charge is -2.13. The average molecular weight is 261 g/mol. The zero-order valence-corrected chi connectivity index (χ0v) is 11.4. The molecule has 0 saturated heterocycles. The lowest BCUT2D eigenvalue weighted by atomic mass is 10.0. The minimum atomic E-state index is 0.268. The number of aromatic nitrogens is 3. The number of hydrogen-bond donors (Lipinski definition) is 1. The van der Waals surface area contributed by atoms with Crippen LogP contribution < -0.4 is 4.74 Å². The molecular weight excluding hydrogens is 246 g/mol. The fourth-order valence-corrected chi connectivity index (χ4v) is 2.27. The number of nitrogens with zero attached hydrogens (tertiary/aromatic N) is 2. The van der Waals surface area contributed by atoms with E-state index in [0.717, 1.165) is 22.7 Å². The summed E-state index contributed by atoms with van der Waals surface area (Å²) in [5.74, 6) is 0.986. The zero-order valence-electron chi connectivity index (χ0n) is 10.6. The first kappa shape index (κ1) is 12.7. The third-order valence-electron chi connectivity index (χ3n) is 2.70. The van der Waals surface area contributed by atoms with Gasteiger partial charge >= 0.3 is 0 Å². The Kier molecular flexibility index (Phi) is 3.72. The molecule has 0 atom stereocenters. The number of nitrogens with one attached hydrogen (secondary N) is 1. The normalized spacial score (nSPS) is 10.7. The quantitative estimate of drug-likeness (QED) is 0.861. The summed E-state index contributed by atoms with van der Waals surface area (Å²) in [6.07, 6.45) is 3.33. The van der Waals surface area contributed by atoms with E-state index in [2.05, 4.69) is 28.8 Å². The molecule has 0 aliphatic rings. The summed E-state index contributed by atoms with van der Waals surface area (Å²) in [7, 11) is 1.63. The fraction of sp³-hybridized carbons (Fsp3) is 0.308. The van der Waals surface area contributed by atoms with Crippen molar-refractivity contribution in [2.75, 3.05) is 7.11 Å². The number of ether oxygens (including phenoxy) is 1. The van der Waals surface area contributed by atoms with Crippen LogP contribution in [0.25, 0.3) is 11.4 Å². The highest BCUT2D eigenvalue weighted by molar-refractivity contribution is 7.71. The maximum absolute atomic E-state index is 5.34. The first-order valence-electron chi connectivity index (χ1n) is 5.72. The minimum Gasteiger partial charge on any atom is -0.494 e. The molecule has 0 spiro atoms. The summed E-state index contributed by atoms with van der Waals surface area (Å²) < 4.78 is 5.94. The van der Waals surface area contributed by atoms with Gasteiger partial charge in [-0.25, -0.2) is 4.98 Å². The predicted molar refractivity (Wildman–Crippen MR) is 73.3 cm³/mol. The van der Waals surface area contributed by atoms with Crippen LogP contribution in [-0.4, -0.2) is 22.1 Å². The molecule has 5 heteroatoms. The zero-order chi connectivity index (χ0) is 13.1. The van der Waals surface area contributed by atoms with Gasteiger partial charge in [0.05, 0.1) is 19.1 Å². The number of aromatic amines is 1. The molecule has 0 unspecified atom stereocenters. The number of hydrogen-bond acceptors (Lipinski definition) is 4. The lowest BCUT2D eigenvalue weighted by molar-refractivity contribution is 0.414. The van der Waals surface area contributed by atoms with Gasteiger partial charge in [0.1, 0.15) is 16.1 Å². The molecule has 4 nitrogen and oxygen atoms in total. The third-order valence-corrected chi connectivity index (χ3v) is 3.02. The molecule has 94 valence electrons. The molecule has 2 aromatic heterocycles. The van der Waals surface area contributed by atoms with Gasteiger partial charge in [-0.2, -0.15) is 0 Å². The molecular formula is C13H15N3OS. The van der Waals surface area contributed by atoms with Crippen LogP contribution in [0.15, 0.2) is 24.7 Å². The topological polar surface area (TPSA) is 50.8 Å². The monoisotopic (exact) mass is 261 g/mol. The molecule has 0 saturated carbocycles. The van der Waals surface area contributed by atoms with Crippen LogP contribution in [0.3, 0.4) is 0 Å². The second-order valence-electron chi connectivity index (χ2n) is 4.21. The van der Waals surface area contributed by atoms with Crippen molar-refractivity contribution in [3.05, 3.63) is 34.9 Å². The van der Waals surface area contributed by atoms with Gasteiger partial charge in [-0.05, 0) is 18.1 Å². The minimum absolute atomic E-state index is 0.268. The molecule has 0 fully saturated rings. The molecule has 0 aliphatic heterocycles. The highest BCUT2D eigenvalue weighted by Gasteiger charge is 2.15. The van der Waals surface area contributed by atoms with E-state index in [-0.39, 0.29) is 5.92 Å². The fourth-order valence-electron chi connectivity index (χ4n) is 1.88. The van der Waals surface area contributed by atoms with Crippen molar-refractivity contribution in [3.8, 4) is 17.1 Å². The lowest BCUT2D eigenvalue weighted by Crippen LogP contribution is -2.01. The summed E-state index contributed by atoms with van der Waals surface area (Å²) in [6, 6.07) is 3.72. The van der Waals surface area contributed by atoms with Gasteiger partial charge in [-0.15, -0.1) is 0 Å². The maximum atomic E-state index is 5.34. The van der Waals surface area contributed by atoms with Gasteiger partial charge in [-0.3, -0.25) is 4.98 Å². The van der Waals surface area contributed by atoms with Crippen LogP contribution in [0.1, 0.15) is 25.3 Å². The SMILES string of the molecule is COc1cccnc1-c1[nH]cnc(=S)c1C(C)C. The molecule has 0 aliphatic carbocycles. The summed E-state index contributed by atoms with van der Waals surface area (Å²) in [6.45, 7) is 4.17. The van der Waals surface area contributed by atoms with Crippen LogP contribution in [0.2, 0.25) is 0 Å². The largest absolute Gasteiger partial charge is 0.494 e. The number of pyridine rings is 1. The Morgan fingerprint density at radius 3 is 2.78 bits per heavy atom. The highest BCUT2D eigenvalue weighted by Crippen LogP contribution is 2.31. The van der Waals surface area contributed by atoms with Crippen molar-refractivity contribution in [3.63, 3.8) is 0 Å². The Balaban J connectivity index is 2.71. The molecule has 2 aromatic rings.